The first kappa shape index (κ1) is 45.2. The topological polar surface area (TPSA) is 77.1 Å². The van der Waals surface area contributed by atoms with E-state index >= 15 is 0 Å². The van der Waals surface area contributed by atoms with Crippen molar-refractivity contribution < 1.29 is 28.9 Å². The third-order valence-electron chi connectivity index (χ3n) is 11.6. The minimum absolute atomic E-state index is 0.405. The number of hydrogen-bond donors (Lipinski definition) is 0. The molecule has 7 heteroatoms. The Morgan fingerprint density at radius 1 is 0.518 bits per heavy atom. The quantitative estimate of drug-likeness (QED) is 0.0416. The van der Waals surface area contributed by atoms with Crippen LogP contribution in [0, 0.1) is 0 Å². The summed E-state index contributed by atoms with van der Waals surface area (Å²) in [6, 6.07) is 20.8. The van der Waals surface area contributed by atoms with Crippen LogP contribution in [-0.4, -0.2) is 30.9 Å². The smallest absolute Gasteiger partial charge is 0.343 e. The van der Waals surface area contributed by atoms with Crippen LogP contribution in [0.1, 0.15) is 185 Å². The van der Waals surface area contributed by atoms with E-state index in [1.165, 1.54) is 88.5 Å². The minimum Gasteiger partial charge on any atom is -0.494 e. The van der Waals surface area contributed by atoms with E-state index < -0.39 is 17.0 Å². The molecule has 0 saturated carbocycles. The Balaban J connectivity index is 1.34. The summed E-state index contributed by atoms with van der Waals surface area (Å²) in [5.41, 5.74) is 0.895. The van der Waals surface area contributed by atoms with Gasteiger partial charge in [-0.2, -0.15) is 0 Å². The Bertz CT molecular complexity index is 1540. The van der Waals surface area contributed by atoms with Crippen molar-refractivity contribution in [1.29, 1.82) is 0 Å². The summed E-state index contributed by atoms with van der Waals surface area (Å²) >= 11 is 0. The molecule has 3 aromatic carbocycles. The van der Waals surface area contributed by atoms with Gasteiger partial charge in [0.15, 0.2) is 11.5 Å². The normalized spacial score (nSPS) is 18.2. The van der Waals surface area contributed by atoms with Crippen LogP contribution in [-0.2, 0) is 16.3 Å². The van der Waals surface area contributed by atoms with Gasteiger partial charge in [0.2, 0.25) is 0 Å². The zero-order valence-corrected chi connectivity index (χ0v) is 35.5. The summed E-state index contributed by atoms with van der Waals surface area (Å²) in [5.74, 6) is 2.05. The second-order valence-corrected chi connectivity index (χ2v) is 16.3. The lowest BCUT2D eigenvalue weighted by Crippen LogP contribution is -2.44. The maximum absolute atomic E-state index is 14.1. The zero-order chi connectivity index (χ0) is 40.1. The Kier molecular flexibility index (Phi) is 19.6. The van der Waals surface area contributed by atoms with Crippen molar-refractivity contribution >= 4 is 5.97 Å². The largest absolute Gasteiger partial charge is 0.494 e. The molecule has 0 bridgehead atoms. The van der Waals surface area contributed by atoms with Gasteiger partial charge in [0.05, 0.1) is 36.5 Å². The summed E-state index contributed by atoms with van der Waals surface area (Å²) in [6.07, 6.45) is 23.0. The van der Waals surface area contributed by atoms with E-state index in [1.54, 1.807) is 24.3 Å². The van der Waals surface area contributed by atoms with E-state index in [2.05, 4.69) is 20.8 Å². The molecule has 1 aliphatic rings. The van der Waals surface area contributed by atoms with Crippen LogP contribution in [0.4, 0.5) is 0 Å². The van der Waals surface area contributed by atoms with Gasteiger partial charge >= 0.3 is 5.97 Å². The number of ether oxygens (including phenoxy) is 4. The fraction of sp³-hybridized carbons (Fsp3) is 0.612. The SMILES string of the molecule is CCCCCCCCOc1ccc([C@]2(C)CC[C@@](C)(c3ccc(OC(=O)c4ccc(OCCCCCCCC)c(OCCCCCCCC)c4)cc3)N2[O])cc1. The van der Waals surface area contributed by atoms with E-state index in [0.29, 0.717) is 42.4 Å². The Morgan fingerprint density at radius 2 is 0.929 bits per heavy atom. The van der Waals surface area contributed by atoms with Crippen LogP contribution in [0.25, 0.3) is 0 Å². The van der Waals surface area contributed by atoms with Gasteiger partial charge < -0.3 is 18.9 Å². The summed E-state index contributed by atoms with van der Waals surface area (Å²) in [5, 5.41) is 15.4. The lowest BCUT2D eigenvalue weighted by Gasteiger charge is -2.37. The highest BCUT2D eigenvalue weighted by molar-refractivity contribution is 5.91. The molecule has 1 radical (unpaired) electrons. The zero-order valence-electron chi connectivity index (χ0n) is 35.5. The lowest BCUT2D eigenvalue weighted by atomic mass is 9.89. The van der Waals surface area contributed by atoms with Crippen LogP contribution in [0.5, 0.6) is 23.0 Å². The van der Waals surface area contributed by atoms with Crippen molar-refractivity contribution in [2.24, 2.45) is 0 Å². The van der Waals surface area contributed by atoms with Gasteiger partial charge in [0.1, 0.15) is 11.5 Å². The number of hydroxylamine groups is 2. The monoisotopic (exact) mass is 771 g/mol. The van der Waals surface area contributed by atoms with Crippen LogP contribution >= 0.6 is 0 Å². The highest BCUT2D eigenvalue weighted by Crippen LogP contribution is 2.51. The minimum atomic E-state index is -0.724. The molecule has 0 aromatic heterocycles. The fourth-order valence-electron chi connectivity index (χ4n) is 7.78. The summed E-state index contributed by atoms with van der Waals surface area (Å²) in [4.78, 5) is 13.4. The van der Waals surface area contributed by atoms with E-state index in [0.717, 1.165) is 62.0 Å². The second-order valence-electron chi connectivity index (χ2n) is 16.3. The van der Waals surface area contributed by atoms with Gasteiger partial charge in [-0.05, 0) is 99.5 Å². The second kappa shape index (κ2) is 24.3. The average Bonchev–Trinajstić information content (AvgIpc) is 3.46. The molecule has 0 unspecified atom stereocenters. The van der Waals surface area contributed by atoms with Gasteiger partial charge in [0.25, 0.3) is 0 Å². The molecule has 0 spiro atoms. The van der Waals surface area contributed by atoms with Crippen molar-refractivity contribution in [3.8, 4) is 23.0 Å². The molecule has 1 aliphatic heterocycles. The lowest BCUT2D eigenvalue weighted by molar-refractivity contribution is -0.260. The first-order valence-corrected chi connectivity index (χ1v) is 22.2. The summed E-state index contributed by atoms with van der Waals surface area (Å²) < 4.78 is 24.2. The number of rotatable bonds is 28. The van der Waals surface area contributed by atoms with E-state index in [-0.39, 0.29) is 0 Å². The average molecular weight is 771 g/mol. The maximum Gasteiger partial charge on any atom is 0.343 e. The molecule has 0 N–H and O–H groups in total. The molecule has 0 amide bonds. The molecule has 3 aromatic rings. The number of benzene rings is 3. The third kappa shape index (κ3) is 13.5. The van der Waals surface area contributed by atoms with Crippen molar-refractivity contribution in [2.75, 3.05) is 19.8 Å². The molecule has 2 atom stereocenters. The van der Waals surface area contributed by atoms with Gasteiger partial charge in [-0.25, -0.2) is 4.79 Å². The van der Waals surface area contributed by atoms with Crippen LogP contribution in [0.15, 0.2) is 66.7 Å². The van der Waals surface area contributed by atoms with Gasteiger partial charge in [-0.3, -0.25) is 0 Å². The van der Waals surface area contributed by atoms with Crippen molar-refractivity contribution in [3.63, 3.8) is 0 Å². The van der Waals surface area contributed by atoms with Crippen LogP contribution in [0.3, 0.4) is 0 Å². The Hall–Kier alpha value is -3.55. The highest BCUT2D eigenvalue weighted by Gasteiger charge is 2.52. The number of carbonyl (C=O) groups excluding carboxylic acids is 1. The number of hydrogen-bond acceptors (Lipinski definition) is 6. The van der Waals surface area contributed by atoms with Gasteiger partial charge in [0, 0.05) is 0 Å². The standard InChI is InChI=1S/C49H72NO6/c1-6-9-12-15-18-21-36-53-43-29-25-41(26-30-43)48(4)34-35-49(5,50(48)52)42-27-31-44(32-28-42)56-47(51)40-24-33-45(54-37-22-19-16-13-10-7-2)46(39-40)55-38-23-20-17-14-11-8-3/h24-33,39H,6-23,34-38H2,1-5H3/t48-,49-/m0/s1. The van der Waals surface area contributed by atoms with Crippen molar-refractivity contribution in [1.82, 2.24) is 5.06 Å². The first-order valence-electron chi connectivity index (χ1n) is 22.2. The number of nitrogens with zero attached hydrogens (tertiary/aromatic N) is 1. The van der Waals surface area contributed by atoms with Crippen molar-refractivity contribution in [3.05, 3.63) is 83.4 Å². The number of carbonyl (C=O) groups is 1. The summed E-state index contributed by atoms with van der Waals surface area (Å²) in [7, 11) is 0. The number of esters is 1. The van der Waals surface area contributed by atoms with E-state index in [9.17, 15) is 10.0 Å². The third-order valence-corrected chi connectivity index (χ3v) is 11.6. The molecule has 309 valence electrons. The molecule has 56 heavy (non-hydrogen) atoms. The van der Waals surface area contributed by atoms with Crippen LogP contribution in [0.2, 0.25) is 0 Å². The predicted octanol–water partition coefficient (Wildman–Crippen LogP) is 13.7. The fourth-order valence-corrected chi connectivity index (χ4v) is 7.78. The Morgan fingerprint density at radius 3 is 1.41 bits per heavy atom. The molecule has 1 heterocycles. The number of unbranched alkanes of at least 4 members (excludes halogenated alkanes) is 15. The molecule has 7 nitrogen and oxygen atoms in total. The van der Waals surface area contributed by atoms with Crippen molar-refractivity contribution in [2.45, 2.75) is 174 Å². The molecule has 1 fully saturated rings. The summed E-state index contributed by atoms with van der Waals surface area (Å²) in [6.45, 7) is 12.6. The molecule has 0 aliphatic carbocycles. The van der Waals surface area contributed by atoms with E-state index in [4.69, 9.17) is 18.9 Å². The van der Waals surface area contributed by atoms with E-state index in [1.807, 2.05) is 56.3 Å². The van der Waals surface area contributed by atoms with Crippen LogP contribution < -0.4 is 18.9 Å². The highest BCUT2D eigenvalue weighted by atomic mass is 16.5. The predicted molar refractivity (Wildman–Crippen MR) is 227 cm³/mol. The van der Waals surface area contributed by atoms with Gasteiger partial charge in [-0.1, -0.05) is 141 Å². The molecule has 1 saturated heterocycles. The first-order chi connectivity index (χ1) is 27.2. The molecular weight excluding hydrogens is 699 g/mol. The maximum atomic E-state index is 14.1. The Labute approximate surface area is 339 Å². The molecular formula is C49H72NO6. The van der Waals surface area contributed by atoms with Gasteiger partial charge in [-0.15, -0.1) is 10.3 Å². The molecule has 4 rings (SSSR count).